The largest absolute Gasteiger partial charge is 0.497 e. The van der Waals surface area contributed by atoms with Crippen LogP contribution in [0.4, 0.5) is 0 Å². The smallest absolute Gasteiger partial charge is 0.337 e. The third-order valence-electron chi connectivity index (χ3n) is 3.88. The van der Waals surface area contributed by atoms with Gasteiger partial charge in [-0.1, -0.05) is 18.2 Å². The van der Waals surface area contributed by atoms with E-state index < -0.39 is 5.97 Å². The molecule has 6 nitrogen and oxygen atoms in total. The van der Waals surface area contributed by atoms with Gasteiger partial charge in [-0.15, -0.1) is 0 Å². The number of fused-ring (bicyclic) bond motifs is 1. The van der Waals surface area contributed by atoms with Crippen LogP contribution in [0.2, 0.25) is 0 Å². The highest BCUT2D eigenvalue weighted by Crippen LogP contribution is 2.14. The van der Waals surface area contributed by atoms with Crippen LogP contribution in [0.15, 0.2) is 47.4 Å². The molecule has 1 N–H and O–H groups in total. The zero-order chi connectivity index (χ0) is 18.0. The Kier molecular flexibility index (Phi) is 4.35. The minimum absolute atomic E-state index is 0.0392. The van der Waals surface area contributed by atoms with Crippen LogP contribution >= 0.6 is 0 Å². The molecule has 0 amide bonds. The summed E-state index contributed by atoms with van der Waals surface area (Å²) in [7, 11) is 1.61. The van der Waals surface area contributed by atoms with Gasteiger partial charge >= 0.3 is 5.97 Å². The summed E-state index contributed by atoms with van der Waals surface area (Å²) in [5, 5.41) is 9.05. The number of hydrogen-bond acceptors (Lipinski definition) is 4. The Labute approximate surface area is 143 Å². The molecule has 2 heterocycles. The van der Waals surface area contributed by atoms with Crippen molar-refractivity contribution in [3.63, 3.8) is 0 Å². The molecule has 0 aliphatic heterocycles. The van der Waals surface area contributed by atoms with E-state index >= 15 is 0 Å². The van der Waals surface area contributed by atoms with E-state index in [4.69, 9.17) is 9.84 Å². The number of benzene rings is 1. The van der Waals surface area contributed by atoms with Gasteiger partial charge in [-0.2, -0.15) is 0 Å². The second-order valence-electron chi connectivity index (χ2n) is 5.48. The van der Waals surface area contributed by atoms with Crippen molar-refractivity contribution in [1.82, 2.24) is 9.38 Å². The molecule has 1 aromatic carbocycles. The molecule has 0 saturated heterocycles. The van der Waals surface area contributed by atoms with Crippen molar-refractivity contribution < 1.29 is 14.6 Å². The quantitative estimate of drug-likeness (QED) is 0.792. The molecular weight excluding hydrogens is 320 g/mol. The molecule has 126 valence electrons. The van der Waals surface area contributed by atoms with Gasteiger partial charge in [-0.25, -0.2) is 9.78 Å². The number of nitrogens with zero attached hydrogens (tertiary/aromatic N) is 2. The highest BCUT2D eigenvalue weighted by atomic mass is 16.5. The lowest BCUT2D eigenvalue weighted by Gasteiger charge is -2.06. The van der Waals surface area contributed by atoms with Gasteiger partial charge in [0.25, 0.3) is 5.56 Å². The van der Waals surface area contributed by atoms with E-state index in [0.29, 0.717) is 16.9 Å². The first-order valence-electron chi connectivity index (χ1n) is 7.58. The molecule has 0 fully saturated rings. The van der Waals surface area contributed by atoms with Crippen LogP contribution in [0.5, 0.6) is 5.75 Å². The molecule has 0 radical (unpaired) electrons. The number of hydrogen-bond donors (Lipinski definition) is 1. The number of carbonyl (C=O) groups is 1. The van der Waals surface area contributed by atoms with E-state index in [9.17, 15) is 9.59 Å². The lowest BCUT2D eigenvalue weighted by molar-refractivity contribution is 0.0696. The van der Waals surface area contributed by atoms with Gasteiger partial charge in [-0.3, -0.25) is 9.20 Å². The van der Waals surface area contributed by atoms with Gasteiger partial charge in [0.1, 0.15) is 11.4 Å². The lowest BCUT2D eigenvalue weighted by Crippen LogP contribution is -2.20. The van der Waals surface area contributed by atoms with E-state index in [2.05, 4.69) is 4.98 Å². The number of methoxy groups -OCH3 is 1. The monoisotopic (exact) mass is 336 g/mol. The highest BCUT2D eigenvalue weighted by molar-refractivity contribution is 5.87. The van der Waals surface area contributed by atoms with Crippen molar-refractivity contribution in [2.75, 3.05) is 7.11 Å². The predicted octanol–water partition coefficient (Wildman–Crippen LogP) is 2.88. The molecule has 0 aliphatic carbocycles. The Hall–Kier alpha value is -3.41. The number of aromatic carboxylic acids is 1. The molecule has 25 heavy (non-hydrogen) atoms. The van der Waals surface area contributed by atoms with Crippen LogP contribution in [-0.4, -0.2) is 27.6 Å². The van der Waals surface area contributed by atoms with Gasteiger partial charge in [0.15, 0.2) is 0 Å². The van der Waals surface area contributed by atoms with Gasteiger partial charge < -0.3 is 9.84 Å². The third kappa shape index (κ3) is 3.28. The number of carboxylic acids is 1. The van der Waals surface area contributed by atoms with Crippen LogP contribution in [0.3, 0.4) is 0 Å². The second kappa shape index (κ2) is 6.60. The number of rotatable bonds is 4. The zero-order valence-corrected chi connectivity index (χ0v) is 13.8. The van der Waals surface area contributed by atoms with Crippen LogP contribution < -0.4 is 10.3 Å². The zero-order valence-electron chi connectivity index (χ0n) is 13.8. The van der Waals surface area contributed by atoms with E-state index in [1.807, 2.05) is 30.3 Å². The lowest BCUT2D eigenvalue weighted by atomic mass is 10.1. The normalized spacial score (nSPS) is 11.1. The van der Waals surface area contributed by atoms with E-state index in [0.717, 1.165) is 11.3 Å². The van der Waals surface area contributed by atoms with Crippen LogP contribution in [-0.2, 0) is 0 Å². The molecule has 2 aromatic heterocycles. The first kappa shape index (κ1) is 16.4. The first-order valence-corrected chi connectivity index (χ1v) is 7.58. The standard InChI is InChI=1S/C19H16N2O4/c1-12-16(9-5-13-3-7-15(25-2)8-4-13)20-17-10-6-14(19(23)24)11-21(17)18(12)22/h3-11H,1-2H3,(H,23,24)/b9-5+. The number of carboxylic acid groups (broad SMARTS) is 1. The summed E-state index contributed by atoms with van der Waals surface area (Å²) >= 11 is 0. The molecule has 3 aromatic rings. The minimum Gasteiger partial charge on any atom is -0.497 e. The maximum atomic E-state index is 12.5. The summed E-state index contributed by atoms with van der Waals surface area (Å²) in [6.45, 7) is 1.67. The topological polar surface area (TPSA) is 80.9 Å². The Balaban J connectivity index is 2.03. The van der Waals surface area contributed by atoms with Crippen molar-refractivity contribution >= 4 is 23.8 Å². The molecule has 0 spiro atoms. The molecule has 0 unspecified atom stereocenters. The SMILES string of the molecule is COc1ccc(/C=C/c2nc3ccc(C(=O)O)cn3c(=O)c2C)cc1. The number of ether oxygens (including phenoxy) is 1. The summed E-state index contributed by atoms with van der Waals surface area (Å²) in [5.41, 5.74) is 2.09. The van der Waals surface area contributed by atoms with Crippen molar-refractivity contribution in [3.05, 3.63) is 75.3 Å². The van der Waals surface area contributed by atoms with Crippen molar-refractivity contribution in [2.24, 2.45) is 0 Å². The average molecular weight is 336 g/mol. The summed E-state index contributed by atoms with van der Waals surface area (Å²) in [4.78, 5) is 28.0. The molecule has 0 bridgehead atoms. The van der Waals surface area contributed by atoms with E-state index in [1.54, 1.807) is 20.1 Å². The van der Waals surface area contributed by atoms with E-state index in [1.165, 1.54) is 22.7 Å². The Morgan fingerprint density at radius 2 is 1.88 bits per heavy atom. The second-order valence-corrected chi connectivity index (χ2v) is 5.48. The molecule has 0 atom stereocenters. The number of aromatic nitrogens is 2. The third-order valence-corrected chi connectivity index (χ3v) is 3.88. The van der Waals surface area contributed by atoms with Crippen LogP contribution in [0.1, 0.15) is 27.2 Å². The fourth-order valence-corrected chi connectivity index (χ4v) is 2.42. The van der Waals surface area contributed by atoms with Crippen LogP contribution in [0, 0.1) is 6.92 Å². The summed E-state index contributed by atoms with van der Waals surface area (Å²) in [5.74, 6) is -0.320. The Morgan fingerprint density at radius 1 is 1.16 bits per heavy atom. The summed E-state index contributed by atoms with van der Waals surface area (Å²) < 4.78 is 6.37. The van der Waals surface area contributed by atoms with Crippen LogP contribution in [0.25, 0.3) is 17.8 Å². The fraction of sp³-hybridized carbons (Fsp3) is 0.105. The fourth-order valence-electron chi connectivity index (χ4n) is 2.42. The average Bonchev–Trinajstić information content (AvgIpc) is 2.63. The Morgan fingerprint density at radius 3 is 2.52 bits per heavy atom. The summed E-state index contributed by atoms with van der Waals surface area (Å²) in [6, 6.07) is 10.5. The highest BCUT2D eigenvalue weighted by Gasteiger charge is 2.09. The van der Waals surface area contributed by atoms with Gasteiger partial charge in [-0.05, 0) is 42.8 Å². The Bertz CT molecular complexity index is 1030. The first-order chi connectivity index (χ1) is 12.0. The number of pyridine rings is 1. The van der Waals surface area contributed by atoms with Crippen molar-refractivity contribution in [3.8, 4) is 5.75 Å². The maximum Gasteiger partial charge on any atom is 0.337 e. The molecular formula is C19H16N2O4. The van der Waals surface area contributed by atoms with Gasteiger partial charge in [0.05, 0.1) is 18.4 Å². The van der Waals surface area contributed by atoms with E-state index in [-0.39, 0.29) is 11.1 Å². The van der Waals surface area contributed by atoms with Gasteiger partial charge in [0, 0.05) is 11.8 Å². The molecule has 0 aliphatic rings. The predicted molar refractivity (Wildman–Crippen MR) is 95.1 cm³/mol. The van der Waals surface area contributed by atoms with Crippen molar-refractivity contribution in [2.45, 2.75) is 6.92 Å². The molecule has 6 heteroatoms. The molecule has 0 saturated carbocycles. The van der Waals surface area contributed by atoms with Gasteiger partial charge in [0.2, 0.25) is 0 Å². The summed E-state index contributed by atoms with van der Waals surface area (Å²) in [6.07, 6.45) is 4.91. The maximum absolute atomic E-state index is 12.5. The molecule has 3 rings (SSSR count). The van der Waals surface area contributed by atoms with Crippen molar-refractivity contribution in [1.29, 1.82) is 0 Å². The minimum atomic E-state index is -1.09.